The Morgan fingerprint density at radius 3 is 2.64 bits per heavy atom. The second-order valence-electron chi connectivity index (χ2n) is 7.08. The molecule has 2 saturated heterocycles. The Kier molecular flexibility index (Phi) is 4.37. The number of amides is 1. The summed E-state index contributed by atoms with van der Waals surface area (Å²) in [5, 5.41) is 3.41. The maximum atomic E-state index is 12.7. The van der Waals surface area contributed by atoms with Gasteiger partial charge in [-0.25, -0.2) is 8.42 Å². The van der Waals surface area contributed by atoms with Gasteiger partial charge in [-0.15, -0.1) is 0 Å². The van der Waals surface area contributed by atoms with Crippen LogP contribution in [-0.2, 0) is 34.3 Å². The Morgan fingerprint density at radius 2 is 2.08 bits per heavy atom. The SMILES string of the molecule is Cn1nc(C(F)(F)F)cc1CC(=O)N1CCCC2(CCS(=O)(=O)C2)C1. The van der Waals surface area contributed by atoms with Crippen LogP contribution in [0.1, 0.15) is 30.7 Å². The number of halogens is 3. The van der Waals surface area contributed by atoms with Crippen molar-refractivity contribution in [2.75, 3.05) is 24.6 Å². The van der Waals surface area contributed by atoms with Gasteiger partial charge in [0, 0.05) is 31.2 Å². The van der Waals surface area contributed by atoms with Gasteiger partial charge in [-0.3, -0.25) is 9.48 Å². The summed E-state index contributed by atoms with van der Waals surface area (Å²) in [7, 11) is -1.69. The van der Waals surface area contributed by atoms with Gasteiger partial charge >= 0.3 is 6.18 Å². The minimum absolute atomic E-state index is 0.0910. The molecule has 2 aliphatic heterocycles. The Hall–Kier alpha value is -1.58. The first kappa shape index (κ1) is 18.2. The predicted molar refractivity (Wildman–Crippen MR) is 83.4 cm³/mol. The smallest absolute Gasteiger partial charge is 0.342 e. The van der Waals surface area contributed by atoms with Crippen molar-refractivity contribution in [1.29, 1.82) is 0 Å². The van der Waals surface area contributed by atoms with Gasteiger partial charge in [0.1, 0.15) is 0 Å². The maximum Gasteiger partial charge on any atom is 0.435 e. The average Bonchev–Trinajstić information content (AvgIpc) is 2.99. The lowest BCUT2D eigenvalue weighted by Gasteiger charge is -2.39. The van der Waals surface area contributed by atoms with E-state index in [2.05, 4.69) is 5.10 Å². The Bertz CT molecular complexity index is 788. The summed E-state index contributed by atoms with van der Waals surface area (Å²) in [6.45, 7) is 0.861. The van der Waals surface area contributed by atoms with Gasteiger partial charge in [0.15, 0.2) is 15.5 Å². The molecule has 1 atom stereocenters. The molecule has 6 nitrogen and oxygen atoms in total. The molecule has 3 rings (SSSR count). The first-order valence-corrected chi connectivity index (χ1v) is 9.90. The van der Waals surface area contributed by atoms with E-state index in [0.717, 1.165) is 17.2 Å². The van der Waals surface area contributed by atoms with Gasteiger partial charge in [-0.05, 0) is 25.3 Å². The lowest BCUT2D eigenvalue weighted by Crippen LogP contribution is -2.47. The molecule has 1 amide bonds. The largest absolute Gasteiger partial charge is 0.435 e. The third kappa shape index (κ3) is 3.83. The summed E-state index contributed by atoms with van der Waals surface area (Å²) in [6, 6.07) is 0.887. The highest BCUT2D eigenvalue weighted by atomic mass is 32.2. The lowest BCUT2D eigenvalue weighted by molar-refractivity contribution is -0.141. The van der Waals surface area contributed by atoms with E-state index in [1.807, 2.05) is 0 Å². The third-order valence-electron chi connectivity index (χ3n) is 5.08. The summed E-state index contributed by atoms with van der Waals surface area (Å²) in [4.78, 5) is 14.1. The topological polar surface area (TPSA) is 72.3 Å². The predicted octanol–water partition coefficient (Wildman–Crippen LogP) is 1.41. The minimum Gasteiger partial charge on any atom is -0.342 e. The molecule has 0 N–H and O–H groups in total. The molecule has 0 aliphatic carbocycles. The summed E-state index contributed by atoms with van der Waals surface area (Å²) in [5.41, 5.74) is -1.22. The number of nitrogens with zero attached hydrogens (tertiary/aromatic N) is 3. The van der Waals surface area contributed by atoms with E-state index in [9.17, 15) is 26.4 Å². The molecule has 3 heterocycles. The summed E-state index contributed by atoms with van der Waals surface area (Å²) in [6.07, 6.45) is -2.71. The van der Waals surface area contributed by atoms with Gasteiger partial charge in [0.05, 0.1) is 17.9 Å². The van der Waals surface area contributed by atoms with E-state index >= 15 is 0 Å². The first-order valence-electron chi connectivity index (χ1n) is 8.08. The summed E-state index contributed by atoms with van der Waals surface area (Å²) >= 11 is 0. The molecule has 0 saturated carbocycles. The fourth-order valence-electron chi connectivity index (χ4n) is 3.80. The normalized spacial score (nSPS) is 26.3. The fourth-order valence-corrected chi connectivity index (χ4v) is 6.00. The number of carbonyl (C=O) groups is 1. The number of aromatic nitrogens is 2. The molecule has 2 fully saturated rings. The van der Waals surface area contributed by atoms with E-state index in [0.29, 0.717) is 25.9 Å². The van der Waals surface area contributed by atoms with Crippen LogP contribution in [0.4, 0.5) is 13.2 Å². The highest BCUT2D eigenvalue weighted by Gasteiger charge is 2.45. The molecule has 140 valence electrons. The fraction of sp³-hybridized carbons (Fsp3) is 0.733. The number of alkyl halides is 3. The van der Waals surface area contributed by atoms with Crippen molar-refractivity contribution >= 4 is 15.7 Å². The molecule has 0 aromatic carbocycles. The van der Waals surface area contributed by atoms with Gasteiger partial charge in [0.25, 0.3) is 0 Å². The van der Waals surface area contributed by atoms with Crippen molar-refractivity contribution in [1.82, 2.24) is 14.7 Å². The molecule has 1 aromatic rings. The van der Waals surface area contributed by atoms with Crippen LogP contribution < -0.4 is 0 Å². The van der Waals surface area contributed by atoms with Gasteiger partial charge in [-0.1, -0.05) is 0 Å². The van der Waals surface area contributed by atoms with Crippen LogP contribution in [0.25, 0.3) is 0 Å². The summed E-state index contributed by atoms with van der Waals surface area (Å²) < 4.78 is 62.8. The minimum atomic E-state index is -4.55. The van der Waals surface area contributed by atoms with Gasteiger partial charge in [-0.2, -0.15) is 18.3 Å². The van der Waals surface area contributed by atoms with Crippen molar-refractivity contribution in [2.24, 2.45) is 12.5 Å². The Balaban J connectivity index is 1.71. The molecular weight excluding hydrogens is 359 g/mol. The second kappa shape index (κ2) is 6.00. The van der Waals surface area contributed by atoms with E-state index in [1.165, 1.54) is 7.05 Å². The van der Waals surface area contributed by atoms with Crippen molar-refractivity contribution in [3.8, 4) is 0 Å². The second-order valence-corrected chi connectivity index (χ2v) is 9.26. The van der Waals surface area contributed by atoms with Crippen molar-refractivity contribution in [3.05, 3.63) is 17.5 Å². The quantitative estimate of drug-likeness (QED) is 0.779. The average molecular weight is 379 g/mol. The number of sulfone groups is 1. The van der Waals surface area contributed by atoms with Gasteiger partial charge < -0.3 is 4.90 Å². The first-order chi connectivity index (χ1) is 11.5. The van der Waals surface area contributed by atoms with E-state index in [1.54, 1.807) is 4.90 Å². The van der Waals surface area contributed by atoms with Crippen LogP contribution in [-0.4, -0.2) is 53.6 Å². The standard InChI is InChI=1S/C15H20F3N3O3S/c1-20-11(7-12(19-20)15(16,17)18)8-13(22)21-5-2-3-14(9-21)4-6-25(23,24)10-14/h7H,2-6,8-10H2,1H3. The number of aryl methyl sites for hydroxylation is 1. The maximum absolute atomic E-state index is 12.7. The molecular formula is C15H20F3N3O3S. The van der Waals surface area contributed by atoms with Crippen LogP contribution in [0.15, 0.2) is 6.07 Å². The molecule has 1 spiro atoms. The monoisotopic (exact) mass is 379 g/mol. The van der Waals surface area contributed by atoms with Crippen LogP contribution in [0.3, 0.4) is 0 Å². The Morgan fingerprint density at radius 1 is 1.36 bits per heavy atom. The molecule has 0 bridgehead atoms. The van der Waals surface area contributed by atoms with E-state index < -0.39 is 27.1 Å². The van der Waals surface area contributed by atoms with E-state index in [4.69, 9.17) is 0 Å². The van der Waals surface area contributed by atoms with Gasteiger partial charge in [0.2, 0.25) is 5.91 Å². The molecule has 1 unspecified atom stereocenters. The van der Waals surface area contributed by atoms with Crippen molar-refractivity contribution in [2.45, 2.75) is 31.9 Å². The molecule has 1 aromatic heterocycles. The number of piperidine rings is 1. The highest BCUT2D eigenvalue weighted by Crippen LogP contribution is 2.40. The number of hydrogen-bond donors (Lipinski definition) is 0. The Labute approximate surface area is 143 Å². The van der Waals surface area contributed by atoms with Crippen molar-refractivity contribution in [3.63, 3.8) is 0 Å². The molecule has 25 heavy (non-hydrogen) atoms. The van der Waals surface area contributed by atoms with Crippen LogP contribution in [0.2, 0.25) is 0 Å². The van der Waals surface area contributed by atoms with Crippen molar-refractivity contribution < 1.29 is 26.4 Å². The number of hydrogen-bond acceptors (Lipinski definition) is 4. The number of likely N-dealkylation sites (tertiary alicyclic amines) is 1. The molecule has 2 aliphatic rings. The number of rotatable bonds is 2. The summed E-state index contributed by atoms with van der Waals surface area (Å²) in [5.74, 6) is -0.0560. The van der Waals surface area contributed by atoms with Crippen LogP contribution in [0, 0.1) is 5.41 Å². The number of carbonyl (C=O) groups excluding carboxylic acids is 1. The van der Waals surface area contributed by atoms with Crippen LogP contribution in [0.5, 0.6) is 0 Å². The van der Waals surface area contributed by atoms with E-state index in [-0.39, 0.29) is 29.5 Å². The highest BCUT2D eigenvalue weighted by molar-refractivity contribution is 7.91. The zero-order chi connectivity index (χ0) is 18.5. The van der Waals surface area contributed by atoms with Crippen LogP contribution >= 0.6 is 0 Å². The molecule has 10 heteroatoms. The third-order valence-corrected chi connectivity index (χ3v) is 6.96. The lowest BCUT2D eigenvalue weighted by atomic mass is 9.79. The zero-order valence-electron chi connectivity index (χ0n) is 13.8. The molecule has 0 radical (unpaired) electrons. The zero-order valence-corrected chi connectivity index (χ0v) is 14.7.